The molecule has 2 aliphatic carbocycles. The van der Waals surface area contributed by atoms with Crippen LogP contribution in [-0.2, 0) is 9.47 Å². The summed E-state index contributed by atoms with van der Waals surface area (Å²) < 4.78 is 56.3. The first kappa shape index (κ1) is 27.0. The lowest BCUT2D eigenvalue weighted by Crippen LogP contribution is -2.39. The summed E-state index contributed by atoms with van der Waals surface area (Å²) in [5.41, 5.74) is 1.87. The van der Waals surface area contributed by atoms with Crippen molar-refractivity contribution in [2.75, 3.05) is 29.7 Å². The highest BCUT2D eigenvalue weighted by molar-refractivity contribution is 7.22. The van der Waals surface area contributed by atoms with E-state index in [0.29, 0.717) is 51.4 Å². The number of rotatable bonds is 7. The molecule has 13 heteroatoms. The van der Waals surface area contributed by atoms with Crippen molar-refractivity contribution in [1.82, 2.24) is 4.98 Å². The van der Waals surface area contributed by atoms with Gasteiger partial charge < -0.3 is 24.0 Å². The number of aromatic nitrogens is 1. The summed E-state index contributed by atoms with van der Waals surface area (Å²) in [6, 6.07) is 10.1. The standard InChI is InChI=1S/C28H23Cl2F3N4O3S/c29-18-2-1-3-19(30)25(18)37-13-39-26(15-4-5-15)20(37)12-38-21-9-17-8-16(21)11-36(17)27-35-24-22(40-28(31,32)33)6-14(10-34)7-23(24)41-27/h1-3,6-7,15-17,21H,4-5,8-9,11-13H2/t16-,17-,21+/m0/s1. The van der Waals surface area contributed by atoms with Crippen molar-refractivity contribution < 1.29 is 27.4 Å². The smallest absolute Gasteiger partial charge is 0.475 e. The van der Waals surface area contributed by atoms with Gasteiger partial charge in [0, 0.05) is 30.5 Å². The topological polar surface area (TPSA) is 70.8 Å². The zero-order valence-corrected chi connectivity index (χ0v) is 23.8. The Morgan fingerprint density at radius 3 is 2.61 bits per heavy atom. The summed E-state index contributed by atoms with van der Waals surface area (Å²) in [7, 11) is 0. The van der Waals surface area contributed by atoms with Gasteiger partial charge >= 0.3 is 6.36 Å². The first-order valence-electron chi connectivity index (χ1n) is 13.2. The molecule has 2 aromatic carbocycles. The van der Waals surface area contributed by atoms with E-state index in [1.165, 1.54) is 11.3 Å². The largest absolute Gasteiger partial charge is 0.573 e. The molecule has 41 heavy (non-hydrogen) atoms. The highest BCUT2D eigenvalue weighted by Crippen LogP contribution is 2.48. The lowest BCUT2D eigenvalue weighted by atomic mass is 10.1. The van der Waals surface area contributed by atoms with Gasteiger partial charge in [0.25, 0.3) is 0 Å². The molecule has 2 aliphatic heterocycles. The minimum Gasteiger partial charge on any atom is -0.475 e. The maximum atomic E-state index is 13.0. The van der Waals surface area contributed by atoms with Gasteiger partial charge in [-0.25, -0.2) is 4.98 Å². The van der Waals surface area contributed by atoms with Gasteiger partial charge in [0.2, 0.25) is 0 Å². The van der Waals surface area contributed by atoms with Crippen LogP contribution in [0.25, 0.3) is 10.2 Å². The van der Waals surface area contributed by atoms with Gasteiger partial charge in [0.1, 0.15) is 11.3 Å². The van der Waals surface area contributed by atoms with E-state index in [-0.39, 0.29) is 29.1 Å². The van der Waals surface area contributed by atoms with Gasteiger partial charge in [0.05, 0.1) is 50.5 Å². The molecule has 214 valence electrons. The molecule has 3 fully saturated rings. The van der Waals surface area contributed by atoms with Gasteiger partial charge in [-0.15, -0.1) is 13.2 Å². The van der Waals surface area contributed by atoms with Crippen LogP contribution >= 0.6 is 34.5 Å². The summed E-state index contributed by atoms with van der Waals surface area (Å²) >= 11 is 14.3. The second-order valence-corrected chi connectivity index (χ2v) is 12.5. The molecule has 0 unspecified atom stereocenters. The van der Waals surface area contributed by atoms with Crippen molar-refractivity contribution in [3.63, 3.8) is 0 Å². The van der Waals surface area contributed by atoms with Gasteiger partial charge in [-0.05, 0) is 43.9 Å². The third-order valence-electron chi connectivity index (χ3n) is 8.08. The van der Waals surface area contributed by atoms with E-state index >= 15 is 0 Å². The quantitative estimate of drug-likeness (QED) is 0.271. The summed E-state index contributed by atoms with van der Waals surface area (Å²) in [4.78, 5) is 8.67. The van der Waals surface area contributed by atoms with Crippen LogP contribution in [0.2, 0.25) is 10.0 Å². The lowest BCUT2D eigenvalue weighted by molar-refractivity contribution is -0.274. The first-order valence-corrected chi connectivity index (χ1v) is 14.8. The fourth-order valence-corrected chi connectivity index (χ4v) is 7.84. The minimum atomic E-state index is -4.88. The maximum absolute atomic E-state index is 13.0. The van der Waals surface area contributed by atoms with Crippen LogP contribution in [0.1, 0.15) is 31.2 Å². The molecule has 7 nitrogen and oxygen atoms in total. The predicted molar refractivity (Wildman–Crippen MR) is 149 cm³/mol. The average molecular weight is 623 g/mol. The fraction of sp³-hybridized carbons (Fsp3) is 0.429. The number of nitriles is 1. The number of ether oxygens (including phenoxy) is 3. The van der Waals surface area contributed by atoms with Crippen LogP contribution in [0.5, 0.6) is 5.75 Å². The third-order valence-corrected chi connectivity index (χ3v) is 9.72. The number of para-hydroxylation sites is 1. The second-order valence-electron chi connectivity index (χ2n) is 10.7. The number of halogens is 5. The minimum absolute atomic E-state index is 0.0251. The number of hydrogen-bond donors (Lipinski definition) is 0. The molecule has 1 aromatic heterocycles. The van der Waals surface area contributed by atoms with Crippen LogP contribution in [-0.4, -0.2) is 43.4 Å². The molecule has 0 N–H and O–H groups in total. The zero-order chi connectivity index (χ0) is 28.5. The number of piperidine rings is 1. The van der Waals surface area contributed by atoms with Gasteiger partial charge in [-0.1, -0.05) is 40.6 Å². The van der Waals surface area contributed by atoms with Gasteiger partial charge in [-0.2, -0.15) is 5.26 Å². The van der Waals surface area contributed by atoms with Crippen molar-refractivity contribution >= 4 is 55.6 Å². The normalized spacial score (nSPS) is 24.0. The molecule has 2 saturated carbocycles. The number of allylic oxidation sites excluding steroid dienone is 1. The first-order chi connectivity index (χ1) is 19.7. The number of nitrogens with zero attached hydrogens (tertiary/aromatic N) is 4. The lowest BCUT2D eigenvalue weighted by Gasteiger charge is -2.32. The Balaban J connectivity index is 1.07. The average Bonchev–Trinajstić information content (AvgIpc) is 3.25. The van der Waals surface area contributed by atoms with E-state index < -0.39 is 12.1 Å². The Labute approximate surface area is 247 Å². The summed E-state index contributed by atoms with van der Waals surface area (Å²) in [5.74, 6) is 1.13. The Morgan fingerprint density at radius 1 is 1.17 bits per heavy atom. The van der Waals surface area contributed by atoms with Gasteiger partial charge in [0.15, 0.2) is 17.6 Å². The molecule has 0 amide bonds. The number of alkyl halides is 3. The Morgan fingerprint density at radius 2 is 1.95 bits per heavy atom. The van der Waals surface area contributed by atoms with Crippen molar-refractivity contribution in [3.05, 3.63) is 57.4 Å². The summed E-state index contributed by atoms with van der Waals surface area (Å²) in [6.45, 7) is 1.39. The molecule has 0 spiro atoms. The van der Waals surface area contributed by atoms with E-state index in [1.807, 2.05) is 29.2 Å². The number of thiazole rings is 1. The third kappa shape index (κ3) is 5.05. The molecule has 4 aliphatic rings. The number of anilines is 2. The molecule has 3 atom stereocenters. The predicted octanol–water partition coefficient (Wildman–Crippen LogP) is 7.47. The number of benzene rings is 2. The van der Waals surface area contributed by atoms with Crippen LogP contribution in [0.3, 0.4) is 0 Å². The molecule has 7 rings (SSSR count). The van der Waals surface area contributed by atoms with Crippen molar-refractivity contribution in [3.8, 4) is 11.8 Å². The highest BCUT2D eigenvalue weighted by Gasteiger charge is 2.47. The monoisotopic (exact) mass is 622 g/mol. The molecular formula is C28H23Cl2F3N4O3S. The molecular weight excluding hydrogens is 600 g/mol. The zero-order valence-electron chi connectivity index (χ0n) is 21.5. The van der Waals surface area contributed by atoms with E-state index in [4.69, 9.17) is 32.7 Å². The second kappa shape index (κ2) is 10.1. The van der Waals surface area contributed by atoms with Crippen LogP contribution < -0.4 is 14.5 Å². The molecule has 0 radical (unpaired) electrons. The summed E-state index contributed by atoms with van der Waals surface area (Å²) in [5, 5.41) is 11.0. The number of fused-ring (bicyclic) bond motifs is 3. The molecule has 1 saturated heterocycles. The van der Waals surface area contributed by atoms with Crippen molar-refractivity contribution in [1.29, 1.82) is 5.26 Å². The highest BCUT2D eigenvalue weighted by atomic mass is 35.5. The summed E-state index contributed by atoms with van der Waals surface area (Å²) in [6.07, 6.45) is -1.01. The van der Waals surface area contributed by atoms with E-state index in [9.17, 15) is 18.4 Å². The Hall–Kier alpha value is -2.91. The van der Waals surface area contributed by atoms with E-state index in [0.717, 1.165) is 43.2 Å². The van der Waals surface area contributed by atoms with Crippen molar-refractivity contribution in [2.24, 2.45) is 11.8 Å². The fourth-order valence-electron chi connectivity index (χ4n) is 6.13. The van der Waals surface area contributed by atoms with E-state index in [2.05, 4.69) is 14.6 Å². The van der Waals surface area contributed by atoms with Crippen LogP contribution in [0, 0.1) is 23.2 Å². The van der Waals surface area contributed by atoms with Crippen LogP contribution in [0.15, 0.2) is 41.8 Å². The SMILES string of the molecule is N#Cc1cc(OC(F)(F)F)c2nc(N3C[C@@H]4C[C@H]3C[C@H]4OCC3=C(C4CC4)OCN3c3c(Cl)cccc3Cl)sc2c1. The van der Waals surface area contributed by atoms with Crippen LogP contribution in [0.4, 0.5) is 24.0 Å². The van der Waals surface area contributed by atoms with Crippen molar-refractivity contribution in [2.45, 2.75) is 44.2 Å². The number of hydrogen-bond acceptors (Lipinski definition) is 8. The molecule has 3 heterocycles. The van der Waals surface area contributed by atoms with E-state index in [1.54, 1.807) is 6.07 Å². The Bertz CT molecular complexity index is 1580. The molecule has 3 aromatic rings. The van der Waals surface area contributed by atoms with Gasteiger partial charge in [-0.3, -0.25) is 0 Å². The molecule has 2 bridgehead atoms. The maximum Gasteiger partial charge on any atom is 0.573 e. The Kier molecular flexibility index (Phi) is 6.65.